The highest BCUT2D eigenvalue weighted by Gasteiger charge is 2.53. The van der Waals surface area contributed by atoms with Crippen molar-refractivity contribution >= 4 is 37.8 Å². The second kappa shape index (κ2) is 5.44. The van der Waals surface area contributed by atoms with Gasteiger partial charge >= 0.3 is 5.97 Å². The molecular weight excluding hydrogens is 460 g/mol. The third-order valence-electron chi connectivity index (χ3n) is 4.89. The number of rotatable bonds is 0. The zero-order chi connectivity index (χ0) is 18.1. The summed E-state index contributed by atoms with van der Waals surface area (Å²) in [7, 11) is 0. The number of hydrogen-bond acceptors (Lipinski definition) is 3. The van der Waals surface area contributed by atoms with Gasteiger partial charge in [-0.05, 0) is 49.4 Å². The normalized spacial score (nSPS) is 15.7. The van der Waals surface area contributed by atoms with Gasteiger partial charge in [0, 0.05) is 25.6 Å². The molecule has 5 rings (SSSR count). The highest BCUT2D eigenvalue weighted by Crippen LogP contribution is 2.56. The Kier molecular flexibility index (Phi) is 3.37. The summed E-state index contributed by atoms with van der Waals surface area (Å²) in [4.78, 5) is 12.7. The van der Waals surface area contributed by atoms with Crippen LogP contribution in [0, 0.1) is 6.92 Å². The van der Waals surface area contributed by atoms with E-state index in [-0.39, 0.29) is 5.97 Å². The van der Waals surface area contributed by atoms with E-state index in [1.54, 1.807) is 0 Å². The molecule has 5 heteroatoms. The number of aryl methyl sites for hydroxylation is 1. The molecule has 0 atom stereocenters. The molecule has 1 spiro atoms. The largest absolute Gasteiger partial charge is 0.456 e. The van der Waals surface area contributed by atoms with Crippen LogP contribution in [0.3, 0.4) is 0 Å². The van der Waals surface area contributed by atoms with Crippen molar-refractivity contribution in [3.8, 4) is 11.5 Å². The third-order valence-corrected chi connectivity index (χ3v) is 5.87. The maximum absolute atomic E-state index is 12.7. The molecule has 2 aliphatic rings. The molecule has 128 valence electrons. The van der Waals surface area contributed by atoms with Gasteiger partial charge in [-0.15, -0.1) is 0 Å². The van der Waals surface area contributed by atoms with Crippen LogP contribution < -0.4 is 4.74 Å². The molecule has 0 unspecified atom stereocenters. The van der Waals surface area contributed by atoms with Crippen LogP contribution in [0.1, 0.15) is 32.6 Å². The van der Waals surface area contributed by atoms with E-state index in [1.807, 2.05) is 61.5 Å². The Morgan fingerprint density at radius 2 is 1.42 bits per heavy atom. The first kappa shape index (κ1) is 16.1. The molecule has 2 aliphatic heterocycles. The van der Waals surface area contributed by atoms with Gasteiger partial charge in [-0.3, -0.25) is 0 Å². The quantitative estimate of drug-likeness (QED) is 0.372. The Labute approximate surface area is 167 Å². The zero-order valence-corrected chi connectivity index (χ0v) is 16.8. The number of halogens is 2. The lowest BCUT2D eigenvalue weighted by Gasteiger charge is -2.36. The van der Waals surface area contributed by atoms with Crippen molar-refractivity contribution in [3.63, 3.8) is 0 Å². The molecule has 3 aromatic carbocycles. The maximum Gasteiger partial charge on any atom is 0.340 e. The summed E-state index contributed by atoms with van der Waals surface area (Å²) in [5, 5.41) is 0. The minimum atomic E-state index is -0.997. The molecule has 0 radical (unpaired) electrons. The standard InChI is InChI=1S/C21H12Br2O3/c1-11-2-5-14-17(8-11)21(26-20(14)24)15-6-3-12(22)9-18(15)25-19-10-13(23)4-7-16(19)21/h2-10H,1H3. The molecule has 0 aliphatic carbocycles. The van der Waals surface area contributed by atoms with Crippen molar-refractivity contribution in [2.45, 2.75) is 12.5 Å². The SMILES string of the molecule is Cc1ccc2c(c1)C1(OC2=O)c2ccc(Br)cc2Oc2cc(Br)ccc21. The summed E-state index contributed by atoms with van der Waals surface area (Å²) in [6.07, 6.45) is 0. The number of carbonyl (C=O) groups excluding carboxylic acids is 1. The Balaban J connectivity index is 1.92. The fourth-order valence-electron chi connectivity index (χ4n) is 3.78. The highest BCUT2D eigenvalue weighted by atomic mass is 79.9. The lowest BCUT2D eigenvalue weighted by atomic mass is 9.77. The highest BCUT2D eigenvalue weighted by molar-refractivity contribution is 9.10. The average molecular weight is 472 g/mol. The predicted molar refractivity (Wildman–Crippen MR) is 105 cm³/mol. The first-order chi connectivity index (χ1) is 12.5. The number of fused-ring (bicyclic) bond motifs is 6. The first-order valence-corrected chi connectivity index (χ1v) is 9.70. The van der Waals surface area contributed by atoms with Crippen molar-refractivity contribution < 1.29 is 14.3 Å². The number of hydrogen-bond donors (Lipinski definition) is 0. The minimum absolute atomic E-state index is 0.315. The van der Waals surface area contributed by atoms with Crippen LogP contribution >= 0.6 is 31.9 Å². The lowest BCUT2D eigenvalue weighted by Crippen LogP contribution is -2.33. The number of ether oxygens (including phenoxy) is 2. The van der Waals surface area contributed by atoms with Crippen molar-refractivity contribution in [2.24, 2.45) is 0 Å². The maximum atomic E-state index is 12.7. The van der Waals surface area contributed by atoms with Crippen LogP contribution in [-0.4, -0.2) is 5.97 Å². The Bertz CT molecular complexity index is 1050. The number of esters is 1. The molecular formula is C21H12Br2O3. The van der Waals surface area contributed by atoms with E-state index < -0.39 is 5.60 Å². The van der Waals surface area contributed by atoms with Gasteiger partial charge in [-0.2, -0.15) is 0 Å². The molecule has 0 saturated heterocycles. The van der Waals surface area contributed by atoms with Gasteiger partial charge in [0.2, 0.25) is 0 Å². The zero-order valence-electron chi connectivity index (χ0n) is 13.7. The lowest BCUT2D eigenvalue weighted by molar-refractivity contribution is 0.0224. The van der Waals surface area contributed by atoms with Gasteiger partial charge in [0.1, 0.15) is 11.5 Å². The average Bonchev–Trinajstić information content (AvgIpc) is 2.87. The minimum Gasteiger partial charge on any atom is -0.456 e. The van der Waals surface area contributed by atoms with E-state index in [2.05, 4.69) is 31.9 Å². The molecule has 0 aromatic heterocycles. The van der Waals surface area contributed by atoms with Crippen molar-refractivity contribution in [2.75, 3.05) is 0 Å². The van der Waals surface area contributed by atoms with Crippen molar-refractivity contribution in [1.82, 2.24) is 0 Å². The fourth-order valence-corrected chi connectivity index (χ4v) is 4.46. The number of carbonyl (C=O) groups is 1. The van der Waals surface area contributed by atoms with E-state index in [0.717, 1.165) is 31.2 Å². The van der Waals surface area contributed by atoms with Crippen LogP contribution in [0.15, 0.2) is 63.5 Å². The second-order valence-corrected chi connectivity index (χ2v) is 8.33. The molecule has 2 heterocycles. The molecule has 0 N–H and O–H groups in total. The van der Waals surface area contributed by atoms with Gasteiger partial charge in [-0.25, -0.2) is 4.79 Å². The monoisotopic (exact) mass is 470 g/mol. The van der Waals surface area contributed by atoms with Gasteiger partial charge in [0.05, 0.1) is 5.56 Å². The van der Waals surface area contributed by atoms with Crippen LogP contribution in [0.25, 0.3) is 0 Å². The van der Waals surface area contributed by atoms with Crippen LogP contribution in [0.2, 0.25) is 0 Å². The van der Waals surface area contributed by atoms with E-state index >= 15 is 0 Å². The van der Waals surface area contributed by atoms with Crippen LogP contribution in [0.5, 0.6) is 11.5 Å². The summed E-state index contributed by atoms with van der Waals surface area (Å²) in [5.41, 5.74) is 3.19. The molecule has 0 amide bonds. The Morgan fingerprint density at radius 3 is 2.04 bits per heavy atom. The smallest absolute Gasteiger partial charge is 0.340 e. The summed E-state index contributed by atoms with van der Waals surface area (Å²) in [6, 6.07) is 17.4. The summed E-state index contributed by atoms with van der Waals surface area (Å²) < 4.78 is 14.1. The van der Waals surface area contributed by atoms with Gasteiger partial charge in [0.25, 0.3) is 0 Å². The van der Waals surface area contributed by atoms with Crippen molar-refractivity contribution in [1.29, 1.82) is 0 Å². The molecule has 0 bridgehead atoms. The van der Waals surface area contributed by atoms with Gasteiger partial charge in [0.15, 0.2) is 5.60 Å². The molecule has 0 saturated carbocycles. The van der Waals surface area contributed by atoms with Gasteiger partial charge in [-0.1, -0.05) is 49.6 Å². The Morgan fingerprint density at radius 1 is 0.808 bits per heavy atom. The van der Waals surface area contributed by atoms with E-state index in [9.17, 15) is 4.79 Å². The summed E-state index contributed by atoms with van der Waals surface area (Å²) in [5.74, 6) is 1.03. The molecule has 3 aromatic rings. The van der Waals surface area contributed by atoms with Gasteiger partial charge < -0.3 is 9.47 Å². The number of benzene rings is 3. The fraction of sp³-hybridized carbons (Fsp3) is 0.0952. The molecule has 3 nitrogen and oxygen atoms in total. The van der Waals surface area contributed by atoms with E-state index in [1.165, 1.54) is 0 Å². The molecule has 26 heavy (non-hydrogen) atoms. The summed E-state index contributed by atoms with van der Waals surface area (Å²) >= 11 is 7.00. The summed E-state index contributed by atoms with van der Waals surface area (Å²) in [6.45, 7) is 2.01. The predicted octanol–water partition coefficient (Wildman–Crippen LogP) is 6.09. The topological polar surface area (TPSA) is 35.5 Å². The third kappa shape index (κ3) is 2.07. The van der Waals surface area contributed by atoms with Crippen LogP contribution in [0.4, 0.5) is 0 Å². The van der Waals surface area contributed by atoms with Crippen LogP contribution in [-0.2, 0) is 10.3 Å². The van der Waals surface area contributed by atoms with E-state index in [0.29, 0.717) is 17.1 Å². The van der Waals surface area contributed by atoms with E-state index in [4.69, 9.17) is 9.47 Å². The Hall–Kier alpha value is -2.11. The second-order valence-electron chi connectivity index (χ2n) is 6.50. The van der Waals surface area contributed by atoms with Crippen molar-refractivity contribution in [3.05, 3.63) is 91.4 Å². The molecule has 0 fully saturated rings. The first-order valence-electron chi connectivity index (χ1n) is 8.11.